The summed E-state index contributed by atoms with van der Waals surface area (Å²) in [5.74, 6) is -0.521. The molecule has 6 nitrogen and oxygen atoms in total. The number of hydrogen-bond acceptors (Lipinski definition) is 5. The molecular formula is C21H15Br2ClN2O4S. The van der Waals surface area contributed by atoms with E-state index in [1.807, 2.05) is 0 Å². The zero-order chi connectivity index (χ0) is 22.5. The Morgan fingerprint density at radius 1 is 1.23 bits per heavy atom. The van der Waals surface area contributed by atoms with Crippen molar-refractivity contribution in [2.45, 2.75) is 0 Å². The van der Waals surface area contributed by atoms with Gasteiger partial charge in [-0.15, -0.1) is 0 Å². The smallest absolute Gasteiger partial charge is 0.294 e. The highest BCUT2D eigenvalue weighted by Gasteiger charge is 2.36. The number of nitrogens with one attached hydrogen (secondary N) is 1. The van der Waals surface area contributed by atoms with E-state index in [9.17, 15) is 14.4 Å². The predicted molar refractivity (Wildman–Crippen MR) is 130 cm³/mol. The summed E-state index contributed by atoms with van der Waals surface area (Å²) in [4.78, 5) is 38.6. The molecule has 1 N–H and O–H groups in total. The van der Waals surface area contributed by atoms with Gasteiger partial charge < -0.3 is 10.1 Å². The van der Waals surface area contributed by atoms with E-state index >= 15 is 0 Å². The van der Waals surface area contributed by atoms with Crippen LogP contribution in [0.15, 0.2) is 62.9 Å². The fraction of sp³-hybridized carbons (Fsp3) is 0.0952. The van der Waals surface area contributed by atoms with Gasteiger partial charge in [0, 0.05) is 20.2 Å². The molecule has 0 bridgehead atoms. The first-order valence-electron chi connectivity index (χ1n) is 8.82. The summed E-state index contributed by atoms with van der Waals surface area (Å²) >= 11 is 13.4. The number of nitrogens with zero attached hydrogens (tertiary/aromatic N) is 1. The molecule has 1 saturated heterocycles. The normalized spacial score (nSPS) is 14.8. The zero-order valence-corrected chi connectivity index (χ0v) is 20.6. The molecule has 31 heavy (non-hydrogen) atoms. The Labute approximate surface area is 204 Å². The number of amides is 3. The number of hydrogen-bond donors (Lipinski definition) is 1. The highest BCUT2D eigenvalue weighted by Crippen LogP contribution is 2.35. The zero-order valence-electron chi connectivity index (χ0n) is 15.9. The molecule has 2 aromatic carbocycles. The molecular weight excluding hydrogens is 572 g/mol. The molecule has 0 spiro atoms. The van der Waals surface area contributed by atoms with Crippen LogP contribution in [0.3, 0.4) is 0 Å². The SMILES string of the molecule is C=CCOc1ccc(Br)cc1/C=C1/SC(=O)N(CC(=O)Nc2ccc(Br)c(Cl)c2)C1=O. The quantitative estimate of drug-likeness (QED) is 0.313. The molecule has 0 atom stereocenters. The molecule has 2 aromatic rings. The predicted octanol–water partition coefficient (Wildman–Crippen LogP) is 6.10. The Morgan fingerprint density at radius 3 is 2.71 bits per heavy atom. The van der Waals surface area contributed by atoms with Gasteiger partial charge in [0.2, 0.25) is 5.91 Å². The summed E-state index contributed by atoms with van der Waals surface area (Å²) in [5, 5.41) is 2.53. The Kier molecular flexibility index (Phi) is 7.99. The van der Waals surface area contributed by atoms with Crippen molar-refractivity contribution in [2.24, 2.45) is 0 Å². The number of imide groups is 1. The van der Waals surface area contributed by atoms with E-state index in [4.69, 9.17) is 16.3 Å². The average molecular weight is 587 g/mol. The standard InChI is InChI=1S/C21H15Br2ClN2O4S/c1-2-7-30-17-6-3-13(22)8-12(17)9-18-20(28)26(21(29)31-18)11-19(27)25-14-4-5-15(23)16(24)10-14/h2-6,8-10H,1,7,11H2,(H,25,27)/b18-9+. The Bertz CT molecular complexity index is 1110. The number of benzene rings is 2. The summed E-state index contributed by atoms with van der Waals surface area (Å²) in [7, 11) is 0. The highest BCUT2D eigenvalue weighted by atomic mass is 79.9. The van der Waals surface area contributed by atoms with Crippen molar-refractivity contribution in [3.63, 3.8) is 0 Å². The molecule has 160 valence electrons. The van der Waals surface area contributed by atoms with E-state index in [0.717, 1.165) is 21.1 Å². The lowest BCUT2D eigenvalue weighted by molar-refractivity contribution is -0.127. The summed E-state index contributed by atoms with van der Waals surface area (Å²) in [6.07, 6.45) is 3.18. The van der Waals surface area contributed by atoms with Crippen LogP contribution in [-0.4, -0.2) is 35.1 Å². The summed E-state index contributed by atoms with van der Waals surface area (Å²) in [6, 6.07) is 10.2. The molecule has 0 saturated carbocycles. The van der Waals surface area contributed by atoms with E-state index in [0.29, 0.717) is 33.1 Å². The number of carbonyl (C=O) groups is 3. The minimum absolute atomic E-state index is 0.200. The van der Waals surface area contributed by atoms with Gasteiger partial charge in [0.05, 0.1) is 9.93 Å². The third kappa shape index (κ3) is 6.00. The number of thioether (sulfide) groups is 1. The lowest BCUT2D eigenvalue weighted by Crippen LogP contribution is -2.36. The molecule has 10 heteroatoms. The van der Waals surface area contributed by atoms with Crippen LogP contribution in [0.5, 0.6) is 5.75 Å². The molecule has 3 rings (SSSR count). The van der Waals surface area contributed by atoms with E-state index < -0.39 is 23.6 Å². The second kappa shape index (κ2) is 10.5. The van der Waals surface area contributed by atoms with E-state index in [2.05, 4.69) is 43.8 Å². The van der Waals surface area contributed by atoms with Gasteiger partial charge in [-0.2, -0.15) is 0 Å². The molecule has 3 amide bonds. The van der Waals surface area contributed by atoms with Crippen molar-refractivity contribution in [1.82, 2.24) is 4.90 Å². The number of anilines is 1. The monoisotopic (exact) mass is 584 g/mol. The largest absolute Gasteiger partial charge is 0.489 e. The first kappa shape index (κ1) is 23.6. The van der Waals surface area contributed by atoms with Crippen LogP contribution in [0.25, 0.3) is 6.08 Å². The second-order valence-corrected chi connectivity index (χ2v) is 9.40. The van der Waals surface area contributed by atoms with Gasteiger partial charge in [0.15, 0.2) is 0 Å². The second-order valence-electron chi connectivity index (χ2n) is 6.23. The third-order valence-corrected chi connectivity index (χ3v) is 6.63. The number of halogens is 3. The molecule has 1 heterocycles. The van der Waals surface area contributed by atoms with Gasteiger partial charge in [-0.3, -0.25) is 19.3 Å². The molecule has 1 aliphatic rings. The first-order chi connectivity index (χ1) is 14.8. The maximum absolute atomic E-state index is 12.8. The van der Waals surface area contributed by atoms with Gasteiger partial charge in [-0.25, -0.2) is 0 Å². The molecule has 0 radical (unpaired) electrons. The van der Waals surface area contributed by atoms with Crippen LogP contribution >= 0.6 is 55.2 Å². The number of rotatable bonds is 7. The molecule has 0 unspecified atom stereocenters. The Hall–Kier alpha value is -2.07. The van der Waals surface area contributed by atoms with Crippen molar-refractivity contribution in [3.8, 4) is 5.75 Å². The molecule has 1 aliphatic heterocycles. The van der Waals surface area contributed by atoms with Crippen molar-refractivity contribution >= 4 is 84.0 Å². The molecule has 1 fully saturated rings. The first-order valence-corrected chi connectivity index (χ1v) is 11.6. The third-order valence-electron chi connectivity index (χ3n) is 3.99. The van der Waals surface area contributed by atoms with E-state index in [-0.39, 0.29) is 4.91 Å². The van der Waals surface area contributed by atoms with Crippen LogP contribution in [-0.2, 0) is 9.59 Å². The van der Waals surface area contributed by atoms with Crippen molar-refractivity contribution in [1.29, 1.82) is 0 Å². The Morgan fingerprint density at radius 2 is 2.00 bits per heavy atom. The minimum atomic E-state index is -0.548. The summed E-state index contributed by atoms with van der Waals surface area (Å²) < 4.78 is 7.08. The fourth-order valence-corrected chi connectivity index (χ4v) is 4.24. The topological polar surface area (TPSA) is 75.7 Å². The van der Waals surface area contributed by atoms with Crippen LogP contribution in [0.2, 0.25) is 5.02 Å². The van der Waals surface area contributed by atoms with Gasteiger partial charge in [0.25, 0.3) is 11.1 Å². The van der Waals surface area contributed by atoms with Gasteiger partial charge in [0.1, 0.15) is 18.9 Å². The number of carbonyl (C=O) groups excluding carboxylic acids is 3. The van der Waals surface area contributed by atoms with Gasteiger partial charge in [-0.05, 0) is 70.2 Å². The van der Waals surface area contributed by atoms with Crippen molar-refractivity contribution in [3.05, 3.63) is 73.5 Å². The molecule has 0 aliphatic carbocycles. The fourth-order valence-electron chi connectivity index (χ4n) is 2.61. The van der Waals surface area contributed by atoms with Gasteiger partial charge >= 0.3 is 0 Å². The van der Waals surface area contributed by atoms with E-state index in [1.54, 1.807) is 48.6 Å². The highest BCUT2D eigenvalue weighted by molar-refractivity contribution is 9.10. The van der Waals surface area contributed by atoms with Crippen LogP contribution in [0.1, 0.15) is 5.56 Å². The maximum atomic E-state index is 12.8. The lowest BCUT2D eigenvalue weighted by atomic mass is 10.2. The summed E-state index contributed by atoms with van der Waals surface area (Å²) in [5.41, 5.74) is 1.08. The summed E-state index contributed by atoms with van der Waals surface area (Å²) in [6.45, 7) is 3.51. The Balaban J connectivity index is 1.75. The van der Waals surface area contributed by atoms with E-state index in [1.165, 1.54) is 0 Å². The van der Waals surface area contributed by atoms with Crippen molar-refractivity contribution < 1.29 is 19.1 Å². The molecule has 0 aromatic heterocycles. The van der Waals surface area contributed by atoms with Crippen LogP contribution in [0.4, 0.5) is 10.5 Å². The number of ether oxygens (including phenoxy) is 1. The van der Waals surface area contributed by atoms with Crippen LogP contribution < -0.4 is 10.1 Å². The minimum Gasteiger partial charge on any atom is -0.489 e. The van der Waals surface area contributed by atoms with Gasteiger partial charge in [-0.1, -0.05) is 40.2 Å². The maximum Gasteiger partial charge on any atom is 0.294 e. The van der Waals surface area contributed by atoms with Crippen LogP contribution in [0, 0.1) is 0 Å². The lowest BCUT2D eigenvalue weighted by Gasteiger charge is -2.13. The van der Waals surface area contributed by atoms with Crippen molar-refractivity contribution in [2.75, 3.05) is 18.5 Å². The average Bonchev–Trinajstić information content (AvgIpc) is 2.97.